The lowest BCUT2D eigenvalue weighted by Gasteiger charge is -2.45. The van der Waals surface area contributed by atoms with Crippen LogP contribution in [0.1, 0.15) is 45.6 Å². The Morgan fingerprint density at radius 3 is 2.57 bits per heavy atom. The smallest absolute Gasteiger partial charge is 0.407 e. The molecule has 3 rings (SSSR count). The van der Waals surface area contributed by atoms with Crippen molar-refractivity contribution in [3.63, 3.8) is 0 Å². The standard InChI is InChI=1S/C22H32FNO5S/c1-22(2,3)20-11-15(7-8-24(20)21(25)26)17-10-16(17)13-29-12-14-5-6-19(18(23)9-14)30(4,27)28/h5-6,9,15-17,20H,7-8,10-13H2,1-4H3,(H,25,26)/t15?,16-,17+,20?/m0/s1. The fourth-order valence-electron chi connectivity index (χ4n) is 4.73. The number of sulfone groups is 1. The van der Waals surface area contributed by atoms with Crippen molar-refractivity contribution in [3.8, 4) is 0 Å². The molecule has 6 nitrogen and oxygen atoms in total. The lowest BCUT2D eigenvalue weighted by molar-refractivity contribution is 0.0326. The molecule has 1 aromatic carbocycles. The average molecular weight is 442 g/mol. The number of halogens is 1. The quantitative estimate of drug-likeness (QED) is 0.716. The zero-order valence-electron chi connectivity index (χ0n) is 18.1. The molecule has 2 aliphatic rings. The lowest BCUT2D eigenvalue weighted by atomic mass is 9.75. The summed E-state index contributed by atoms with van der Waals surface area (Å²) in [5.74, 6) is 0.758. The first-order valence-electron chi connectivity index (χ1n) is 10.4. The zero-order valence-corrected chi connectivity index (χ0v) is 18.9. The molecule has 2 fully saturated rings. The summed E-state index contributed by atoms with van der Waals surface area (Å²) in [5, 5.41) is 9.52. The molecule has 0 aromatic heterocycles. The Bertz CT molecular complexity index is 895. The Morgan fingerprint density at radius 2 is 2.00 bits per heavy atom. The van der Waals surface area contributed by atoms with Crippen LogP contribution in [0.25, 0.3) is 0 Å². The van der Waals surface area contributed by atoms with E-state index in [2.05, 4.69) is 20.8 Å². The molecule has 0 bridgehead atoms. The summed E-state index contributed by atoms with van der Waals surface area (Å²) in [5.41, 5.74) is 0.514. The fraction of sp³-hybridized carbons (Fsp3) is 0.682. The van der Waals surface area contributed by atoms with E-state index in [1.165, 1.54) is 12.1 Å². The minimum absolute atomic E-state index is 0.0206. The van der Waals surface area contributed by atoms with E-state index in [4.69, 9.17) is 4.74 Å². The van der Waals surface area contributed by atoms with E-state index in [0.717, 1.165) is 25.5 Å². The van der Waals surface area contributed by atoms with Crippen LogP contribution in [0, 0.1) is 29.0 Å². The van der Waals surface area contributed by atoms with Crippen LogP contribution in [-0.4, -0.2) is 50.0 Å². The molecule has 168 valence electrons. The molecule has 1 aliphatic heterocycles. The van der Waals surface area contributed by atoms with Gasteiger partial charge in [0, 0.05) is 18.8 Å². The highest BCUT2D eigenvalue weighted by Crippen LogP contribution is 2.50. The van der Waals surface area contributed by atoms with Crippen molar-refractivity contribution in [1.82, 2.24) is 4.90 Å². The highest BCUT2D eigenvalue weighted by atomic mass is 32.2. The Balaban J connectivity index is 1.50. The van der Waals surface area contributed by atoms with E-state index < -0.39 is 21.7 Å². The molecule has 1 heterocycles. The van der Waals surface area contributed by atoms with Crippen LogP contribution in [0.5, 0.6) is 0 Å². The Hall–Kier alpha value is -1.67. The summed E-state index contributed by atoms with van der Waals surface area (Å²) in [7, 11) is -3.57. The first-order chi connectivity index (χ1) is 13.9. The van der Waals surface area contributed by atoms with Gasteiger partial charge in [-0.05, 0) is 60.1 Å². The van der Waals surface area contributed by atoms with Crippen molar-refractivity contribution in [3.05, 3.63) is 29.6 Å². The second-order valence-corrected chi connectivity index (χ2v) is 11.8. The van der Waals surface area contributed by atoms with Gasteiger partial charge < -0.3 is 14.7 Å². The number of likely N-dealkylation sites (tertiary alicyclic amines) is 1. The van der Waals surface area contributed by atoms with Gasteiger partial charge in [-0.25, -0.2) is 17.6 Å². The normalized spacial score (nSPS) is 27.2. The molecular formula is C22H32FNO5S. The van der Waals surface area contributed by atoms with Gasteiger partial charge in [-0.2, -0.15) is 0 Å². The van der Waals surface area contributed by atoms with E-state index in [0.29, 0.717) is 36.5 Å². The van der Waals surface area contributed by atoms with Crippen LogP contribution in [0.3, 0.4) is 0 Å². The van der Waals surface area contributed by atoms with E-state index >= 15 is 0 Å². The first-order valence-corrected chi connectivity index (χ1v) is 12.3. The maximum absolute atomic E-state index is 14.0. The lowest BCUT2D eigenvalue weighted by Crippen LogP contribution is -2.51. The molecule has 4 atom stereocenters. The summed E-state index contributed by atoms with van der Waals surface area (Å²) in [6.07, 6.45) is 3.00. The van der Waals surface area contributed by atoms with Gasteiger partial charge in [-0.3, -0.25) is 0 Å². The molecule has 8 heteroatoms. The van der Waals surface area contributed by atoms with Crippen LogP contribution in [-0.2, 0) is 21.2 Å². The van der Waals surface area contributed by atoms with E-state index in [9.17, 15) is 22.7 Å². The van der Waals surface area contributed by atoms with Gasteiger partial charge in [-0.1, -0.05) is 26.8 Å². The summed E-state index contributed by atoms with van der Waals surface area (Å²) < 4.78 is 42.8. The van der Waals surface area contributed by atoms with Crippen LogP contribution >= 0.6 is 0 Å². The highest BCUT2D eigenvalue weighted by Gasteiger charge is 2.48. The van der Waals surface area contributed by atoms with Crippen LogP contribution in [0.2, 0.25) is 0 Å². The first kappa shape index (κ1) is 23.0. The van der Waals surface area contributed by atoms with Crippen molar-refractivity contribution < 1.29 is 27.4 Å². The van der Waals surface area contributed by atoms with Crippen molar-refractivity contribution in [1.29, 1.82) is 0 Å². The molecule has 0 spiro atoms. The predicted octanol–water partition coefficient (Wildman–Crippen LogP) is 4.19. The Kier molecular flexibility index (Phi) is 6.49. The van der Waals surface area contributed by atoms with Crippen molar-refractivity contribution in [2.75, 3.05) is 19.4 Å². The minimum Gasteiger partial charge on any atom is -0.465 e. The highest BCUT2D eigenvalue weighted by molar-refractivity contribution is 7.90. The molecule has 1 aromatic rings. The van der Waals surface area contributed by atoms with Crippen molar-refractivity contribution in [2.45, 2.75) is 57.6 Å². The maximum atomic E-state index is 14.0. The van der Waals surface area contributed by atoms with E-state index in [1.54, 1.807) is 11.0 Å². The monoisotopic (exact) mass is 441 g/mol. The Labute approximate surface area is 178 Å². The molecule has 0 radical (unpaired) electrons. The average Bonchev–Trinajstić information content (AvgIpc) is 3.39. The maximum Gasteiger partial charge on any atom is 0.407 e. The minimum atomic E-state index is -3.57. The second kappa shape index (κ2) is 8.46. The molecule has 1 aliphatic carbocycles. The van der Waals surface area contributed by atoms with Gasteiger partial charge in [-0.15, -0.1) is 0 Å². The molecule has 1 amide bonds. The van der Waals surface area contributed by atoms with Gasteiger partial charge in [0.25, 0.3) is 0 Å². The van der Waals surface area contributed by atoms with Crippen LogP contribution in [0.15, 0.2) is 23.1 Å². The van der Waals surface area contributed by atoms with E-state index in [-0.39, 0.29) is 23.0 Å². The van der Waals surface area contributed by atoms with Gasteiger partial charge >= 0.3 is 6.09 Å². The molecule has 1 N–H and O–H groups in total. The number of hydrogen-bond donors (Lipinski definition) is 1. The SMILES string of the molecule is CC(C)(C)C1CC([C@H]2C[C@H]2COCc2ccc(S(C)(=O)=O)c(F)c2)CCN1C(=O)O. The third-order valence-corrected chi connectivity index (χ3v) is 7.60. The van der Waals surface area contributed by atoms with Crippen LogP contribution < -0.4 is 0 Å². The largest absolute Gasteiger partial charge is 0.465 e. The summed E-state index contributed by atoms with van der Waals surface area (Å²) >= 11 is 0. The number of piperidine rings is 1. The number of hydrogen-bond acceptors (Lipinski definition) is 4. The Morgan fingerprint density at radius 1 is 1.30 bits per heavy atom. The number of carboxylic acid groups (broad SMARTS) is 1. The van der Waals surface area contributed by atoms with E-state index in [1.807, 2.05) is 0 Å². The third kappa shape index (κ3) is 5.32. The fourth-order valence-corrected chi connectivity index (χ4v) is 5.46. The third-order valence-electron chi connectivity index (χ3n) is 6.47. The number of ether oxygens (including phenoxy) is 1. The van der Waals surface area contributed by atoms with Gasteiger partial charge in [0.1, 0.15) is 10.7 Å². The summed E-state index contributed by atoms with van der Waals surface area (Å²) in [6.45, 7) is 7.69. The number of amides is 1. The van der Waals surface area contributed by atoms with Gasteiger partial charge in [0.2, 0.25) is 0 Å². The molecule has 1 saturated heterocycles. The van der Waals surface area contributed by atoms with Gasteiger partial charge in [0.05, 0.1) is 13.2 Å². The topological polar surface area (TPSA) is 83.9 Å². The predicted molar refractivity (Wildman–Crippen MR) is 111 cm³/mol. The number of carbonyl (C=O) groups is 1. The molecule has 2 unspecified atom stereocenters. The summed E-state index contributed by atoms with van der Waals surface area (Å²) in [4.78, 5) is 12.9. The molecular weight excluding hydrogens is 409 g/mol. The summed E-state index contributed by atoms with van der Waals surface area (Å²) in [6, 6.07) is 4.11. The van der Waals surface area contributed by atoms with Gasteiger partial charge in [0.15, 0.2) is 9.84 Å². The number of nitrogens with zero attached hydrogens (tertiary/aromatic N) is 1. The molecule has 30 heavy (non-hydrogen) atoms. The van der Waals surface area contributed by atoms with Crippen molar-refractivity contribution >= 4 is 15.9 Å². The zero-order chi connectivity index (χ0) is 22.3. The second-order valence-electron chi connectivity index (χ2n) is 9.85. The number of rotatable bonds is 6. The van der Waals surface area contributed by atoms with Crippen molar-refractivity contribution in [2.24, 2.45) is 23.2 Å². The molecule has 1 saturated carbocycles. The number of benzene rings is 1. The van der Waals surface area contributed by atoms with Crippen LogP contribution in [0.4, 0.5) is 9.18 Å².